The predicted octanol–water partition coefficient (Wildman–Crippen LogP) is -0.562. The zero-order valence-electron chi connectivity index (χ0n) is 19.6. The molecule has 1 aromatic carbocycles. The second-order valence-electron chi connectivity index (χ2n) is 8.89. The third-order valence-electron chi connectivity index (χ3n) is 5.84. The maximum Gasteiger partial charge on any atom is 0.326 e. The van der Waals surface area contributed by atoms with Crippen LogP contribution in [0.3, 0.4) is 0 Å². The molecule has 1 heterocycles. The van der Waals surface area contributed by atoms with Crippen LogP contribution in [0, 0.1) is 5.92 Å². The van der Waals surface area contributed by atoms with Gasteiger partial charge < -0.3 is 36.6 Å². The molecule has 192 valence electrons. The lowest BCUT2D eigenvalue weighted by Gasteiger charge is -2.29. The molecule has 1 saturated heterocycles. The molecule has 3 amide bonds. The van der Waals surface area contributed by atoms with Crippen LogP contribution in [-0.2, 0) is 30.4 Å². The minimum atomic E-state index is -1.56. The minimum Gasteiger partial charge on any atom is -0.508 e. The zero-order valence-corrected chi connectivity index (χ0v) is 19.6. The maximum atomic E-state index is 12.9. The van der Waals surface area contributed by atoms with Crippen LogP contribution in [0.2, 0.25) is 0 Å². The van der Waals surface area contributed by atoms with Crippen molar-refractivity contribution in [3.05, 3.63) is 29.8 Å². The quantitative estimate of drug-likeness (QED) is 0.234. The second-order valence-corrected chi connectivity index (χ2v) is 8.89. The number of likely N-dealkylation sites (tertiary alicyclic amines) is 1. The van der Waals surface area contributed by atoms with Gasteiger partial charge in [-0.1, -0.05) is 26.0 Å². The fourth-order valence-corrected chi connectivity index (χ4v) is 3.77. The highest BCUT2D eigenvalue weighted by Crippen LogP contribution is 2.20. The highest BCUT2D eigenvalue weighted by Gasteiger charge is 2.38. The van der Waals surface area contributed by atoms with E-state index in [2.05, 4.69) is 10.6 Å². The summed E-state index contributed by atoms with van der Waals surface area (Å²) < 4.78 is 0. The van der Waals surface area contributed by atoms with E-state index in [0.717, 1.165) is 0 Å². The number of carboxylic acids is 2. The van der Waals surface area contributed by atoms with Crippen molar-refractivity contribution in [3.8, 4) is 5.75 Å². The van der Waals surface area contributed by atoms with E-state index in [9.17, 15) is 39.3 Å². The largest absolute Gasteiger partial charge is 0.508 e. The second kappa shape index (κ2) is 12.2. The molecule has 0 aliphatic carbocycles. The Hall–Kier alpha value is -3.67. The molecule has 0 spiro atoms. The number of benzene rings is 1. The van der Waals surface area contributed by atoms with E-state index in [1.165, 1.54) is 29.2 Å². The van der Waals surface area contributed by atoms with Crippen molar-refractivity contribution in [1.82, 2.24) is 15.5 Å². The molecular weight excluding hydrogens is 460 g/mol. The van der Waals surface area contributed by atoms with Crippen molar-refractivity contribution < 1.29 is 39.3 Å². The number of nitrogens with one attached hydrogen (secondary N) is 2. The molecule has 1 fully saturated rings. The summed E-state index contributed by atoms with van der Waals surface area (Å²) in [6, 6.07) is 1.02. The zero-order chi connectivity index (χ0) is 26.3. The summed E-state index contributed by atoms with van der Waals surface area (Å²) in [5.74, 6) is -5.00. The van der Waals surface area contributed by atoms with Crippen molar-refractivity contribution in [2.45, 2.75) is 63.7 Å². The van der Waals surface area contributed by atoms with Crippen molar-refractivity contribution in [1.29, 1.82) is 0 Å². The molecule has 1 aliphatic rings. The Kier molecular flexibility index (Phi) is 9.58. The van der Waals surface area contributed by atoms with E-state index in [4.69, 9.17) is 5.73 Å². The molecule has 12 nitrogen and oxygen atoms in total. The van der Waals surface area contributed by atoms with Crippen LogP contribution < -0.4 is 16.4 Å². The van der Waals surface area contributed by atoms with Crippen molar-refractivity contribution in [2.75, 3.05) is 6.54 Å². The Labute approximate surface area is 202 Å². The van der Waals surface area contributed by atoms with Crippen LogP contribution in [0.15, 0.2) is 24.3 Å². The molecule has 4 atom stereocenters. The number of nitrogens with two attached hydrogens (primary N) is 1. The fourth-order valence-electron chi connectivity index (χ4n) is 3.77. The number of hydrogen-bond acceptors (Lipinski definition) is 7. The van der Waals surface area contributed by atoms with E-state index in [1.807, 2.05) is 0 Å². The number of carbonyl (C=O) groups excluding carboxylic acids is 3. The predicted molar refractivity (Wildman–Crippen MR) is 123 cm³/mol. The Morgan fingerprint density at radius 2 is 1.69 bits per heavy atom. The summed E-state index contributed by atoms with van der Waals surface area (Å²) in [7, 11) is 0. The summed E-state index contributed by atoms with van der Waals surface area (Å²) in [5.41, 5.74) is 6.45. The Bertz CT molecular complexity index is 949. The summed E-state index contributed by atoms with van der Waals surface area (Å²) in [6.07, 6.45) is -0.0526. The normalized spacial score (nSPS) is 17.9. The molecule has 7 N–H and O–H groups in total. The number of rotatable bonds is 11. The van der Waals surface area contributed by atoms with Gasteiger partial charge in [-0.25, -0.2) is 4.79 Å². The van der Waals surface area contributed by atoms with Gasteiger partial charge >= 0.3 is 11.9 Å². The van der Waals surface area contributed by atoms with E-state index >= 15 is 0 Å². The summed E-state index contributed by atoms with van der Waals surface area (Å²) in [4.78, 5) is 62.8. The lowest BCUT2D eigenvalue weighted by Crippen LogP contribution is -2.57. The molecule has 1 aliphatic heterocycles. The van der Waals surface area contributed by atoms with Crippen molar-refractivity contribution in [2.24, 2.45) is 11.7 Å². The van der Waals surface area contributed by atoms with Gasteiger partial charge in [0.15, 0.2) is 0 Å². The van der Waals surface area contributed by atoms with Crippen LogP contribution in [0.4, 0.5) is 0 Å². The average molecular weight is 493 g/mol. The third-order valence-corrected chi connectivity index (χ3v) is 5.84. The average Bonchev–Trinajstić information content (AvgIpc) is 3.28. The molecule has 0 bridgehead atoms. The molecule has 35 heavy (non-hydrogen) atoms. The number of carbonyl (C=O) groups is 5. The maximum absolute atomic E-state index is 12.9. The standard InChI is InChI=1S/C23H32N4O8/c1-12(2)19(24)22(33)27-9-3-4-17(27)21(32)25-15(11-18(29)30)20(31)26-16(23(34)35)10-13-5-7-14(28)8-6-13/h5-8,12,15-17,19,28H,3-4,9-11,24H2,1-2H3,(H,25,32)(H,26,31)(H,29,30)(H,34,35). The van der Waals surface area contributed by atoms with Gasteiger partial charge in [0.05, 0.1) is 12.5 Å². The van der Waals surface area contributed by atoms with Crippen LogP contribution in [-0.4, -0.2) is 80.6 Å². The lowest BCUT2D eigenvalue weighted by molar-refractivity contribution is -0.145. The lowest BCUT2D eigenvalue weighted by atomic mass is 10.0. The summed E-state index contributed by atoms with van der Waals surface area (Å²) in [6.45, 7) is 3.86. The van der Waals surface area contributed by atoms with Gasteiger partial charge in [-0.3, -0.25) is 19.2 Å². The molecule has 4 unspecified atom stereocenters. The number of phenols is 1. The number of amides is 3. The van der Waals surface area contributed by atoms with Gasteiger partial charge in [0.1, 0.15) is 23.9 Å². The minimum absolute atomic E-state index is 0.0114. The van der Waals surface area contributed by atoms with E-state index in [1.54, 1.807) is 13.8 Å². The van der Waals surface area contributed by atoms with Crippen molar-refractivity contribution in [3.63, 3.8) is 0 Å². The SMILES string of the molecule is CC(C)C(N)C(=O)N1CCCC1C(=O)NC(CC(=O)O)C(=O)NC(Cc1ccc(O)cc1)C(=O)O. The van der Waals surface area contributed by atoms with Crippen LogP contribution >= 0.6 is 0 Å². The molecule has 0 saturated carbocycles. The third kappa shape index (κ3) is 7.67. The number of aliphatic carboxylic acids is 2. The van der Waals surface area contributed by atoms with E-state index in [0.29, 0.717) is 24.9 Å². The van der Waals surface area contributed by atoms with Crippen LogP contribution in [0.1, 0.15) is 38.7 Å². The molecular formula is C23H32N4O8. The molecule has 1 aromatic rings. The van der Waals surface area contributed by atoms with Crippen LogP contribution in [0.25, 0.3) is 0 Å². The highest BCUT2D eigenvalue weighted by molar-refractivity contribution is 5.96. The molecule has 12 heteroatoms. The number of nitrogens with zero attached hydrogens (tertiary/aromatic N) is 1. The first-order valence-electron chi connectivity index (χ1n) is 11.3. The van der Waals surface area contributed by atoms with Gasteiger partial charge in [0, 0.05) is 13.0 Å². The number of phenolic OH excluding ortho intramolecular Hbond substituents is 1. The summed E-state index contributed by atoms with van der Waals surface area (Å²) >= 11 is 0. The Morgan fingerprint density at radius 3 is 2.23 bits per heavy atom. The Balaban J connectivity index is 2.13. The van der Waals surface area contributed by atoms with Gasteiger partial charge in [-0.2, -0.15) is 0 Å². The van der Waals surface area contributed by atoms with Gasteiger partial charge in [-0.15, -0.1) is 0 Å². The number of carboxylic acid groups (broad SMARTS) is 2. The van der Waals surface area contributed by atoms with Crippen LogP contribution in [0.5, 0.6) is 5.75 Å². The number of aromatic hydroxyl groups is 1. The molecule has 0 radical (unpaired) electrons. The van der Waals surface area contributed by atoms with Gasteiger partial charge in [0.2, 0.25) is 17.7 Å². The van der Waals surface area contributed by atoms with Gasteiger partial charge in [-0.05, 0) is 36.5 Å². The first-order valence-corrected chi connectivity index (χ1v) is 11.3. The topological polar surface area (TPSA) is 199 Å². The molecule has 2 rings (SSSR count). The first-order chi connectivity index (χ1) is 16.4. The van der Waals surface area contributed by atoms with Gasteiger partial charge in [0.25, 0.3) is 0 Å². The number of hydrogen-bond donors (Lipinski definition) is 6. The summed E-state index contributed by atoms with van der Waals surface area (Å²) in [5, 5.41) is 32.8. The fraction of sp³-hybridized carbons (Fsp3) is 0.522. The highest BCUT2D eigenvalue weighted by atomic mass is 16.4. The Morgan fingerprint density at radius 1 is 1.06 bits per heavy atom. The molecule has 0 aromatic heterocycles. The van der Waals surface area contributed by atoms with Crippen molar-refractivity contribution >= 4 is 29.7 Å². The first kappa shape index (κ1) is 27.6. The van der Waals surface area contributed by atoms with E-state index in [-0.39, 0.29) is 18.1 Å². The van der Waals surface area contributed by atoms with E-state index < -0.39 is 60.2 Å². The monoisotopic (exact) mass is 492 g/mol. The smallest absolute Gasteiger partial charge is 0.326 e.